The van der Waals surface area contributed by atoms with Gasteiger partial charge in [0.15, 0.2) is 5.15 Å². The van der Waals surface area contributed by atoms with E-state index in [0.717, 1.165) is 25.9 Å². The van der Waals surface area contributed by atoms with Crippen molar-refractivity contribution in [1.82, 2.24) is 14.6 Å². The summed E-state index contributed by atoms with van der Waals surface area (Å²) in [5, 5.41) is 8.60. The second-order valence-electron chi connectivity index (χ2n) is 4.17. The van der Waals surface area contributed by atoms with Crippen molar-refractivity contribution < 1.29 is 0 Å². The molecule has 0 aromatic carbocycles. The summed E-state index contributed by atoms with van der Waals surface area (Å²) >= 11 is 13.6. The summed E-state index contributed by atoms with van der Waals surface area (Å²) in [7, 11) is 0. The van der Waals surface area contributed by atoms with Gasteiger partial charge in [-0.25, -0.2) is 0 Å². The molecule has 0 saturated heterocycles. The highest BCUT2D eigenvalue weighted by Crippen LogP contribution is 2.35. The van der Waals surface area contributed by atoms with Gasteiger partial charge >= 0.3 is 0 Å². The lowest BCUT2D eigenvalue weighted by atomic mass is 10.2. The number of halogens is 2. The summed E-state index contributed by atoms with van der Waals surface area (Å²) in [6.45, 7) is 4.16. The largest absolute Gasteiger partial charge is 0.292 e. The Morgan fingerprint density at radius 3 is 2.65 bits per heavy atom. The molecule has 3 aromatic heterocycles. The number of hydrogen-bond donors (Lipinski definition) is 0. The minimum atomic E-state index is 0.275. The van der Waals surface area contributed by atoms with Gasteiger partial charge in [0.2, 0.25) is 0 Å². The predicted octanol–water partition coefficient (Wildman–Crippen LogP) is 4.37. The summed E-state index contributed by atoms with van der Waals surface area (Å²) in [6, 6.07) is 3.95. The maximum atomic E-state index is 6.08. The van der Waals surface area contributed by atoms with Gasteiger partial charge in [0.05, 0.1) is 20.1 Å². The SMILES string of the molecule is CC(C)c1nnc(Cl)c2cc3sc(Cl)cc3n12. The quantitative estimate of drug-likeness (QED) is 0.664. The molecule has 0 spiro atoms. The van der Waals surface area contributed by atoms with Gasteiger partial charge in [0.1, 0.15) is 5.82 Å². The highest BCUT2D eigenvalue weighted by atomic mass is 35.5. The van der Waals surface area contributed by atoms with E-state index < -0.39 is 0 Å². The van der Waals surface area contributed by atoms with Crippen molar-refractivity contribution in [2.45, 2.75) is 19.8 Å². The Hall–Kier alpha value is -0.840. The van der Waals surface area contributed by atoms with E-state index in [2.05, 4.69) is 24.0 Å². The van der Waals surface area contributed by atoms with Crippen molar-refractivity contribution in [3.05, 3.63) is 27.4 Å². The van der Waals surface area contributed by atoms with Crippen LogP contribution in [0.25, 0.3) is 15.7 Å². The Kier molecular flexibility index (Phi) is 2.54. The van der Waals surface area contributed by atoms with Gasteiger partial charge in [-0.15, -0.1) is 21.5 Å². The molecule has 0 amide bonds. The summed E-state index contributed by atoms with van der Waals surface area (Å²) in [5.74, 6) is 1.17. The van der Waals surface area contributed by atoms with Crippen LogP contribution in [0.2, 0.25) is 9.49 Å². The second kappa shape index (κ2) is 3.83. The number of nitrogens with zero attached hydrogens (tertiary/aromatic N) is 3. The number of aromatic nitrogens is 3. The van der Waals surface area contributed by atoms with Gasteiger partial charge in [-0.2, -0.15) is 0 Å². The Balaban J connectivity index is 2.53. The number of rotatable bonds is 1. The van der Waals surface area contributed by atoms with Crippen LogP contribution in [0.3, 0.4) is 0 Å². The molecule has 0 bridgehead atoms. The zero-order valence-corrected chi connectivity index (χ0v) is 11.6. The molecule has 88 valence electrons. The lowest BCUT2D eigenvalue weighted by Gasteiger charge is -2.08. The van der Waals surface area contributed by atoms with Crippen molar-refractivity contribution in [3.63, 3.8) is 0 Å². The van der Waals surface area contributed by atoms with E-state index in [1.165, 1.54) is 11.3 Å². The molecule has 3 aromatic rings. The molecule has 3 rings (SSSR count). The molecule has 0 saturated carbocycles. The van der Waals surface area contributed by atoms with Crippen LogP contribution >= 0.6 is 34.5 Å². The maximum absolute atomic E-state index is 6.08. The number of thiophene rings is 1. The van der Waals surface area contributed by atoms with E-state index in [9.17, 15) is 0 Å². The van der Waals surface area contributed by atoms with Crippen LogP contribution in [0.4, 0.5) is 0 Å². The molecule has 6 heteroatoms. The van der Waals surface area contributed by atoms with E-state index in [0.29, 0.717) is 5.15 Å². The van der Waals surface area contributed by atoms with Gasteiger partial charge in [0, 0.05) is 5.92 Å². The van der Waals surface area contributed by atoms with Gasteiger partial charge < -0.3 is 0 Å². The van der Waals surface area contributed by atoms with E-state index in [-0.39, 0.29) is 5.92 Å². The highest BCUT2D eigenvalue weighted by molar-refractivity contribution is 7.22. The number of hydrogen-bond acceptors (Lipinski definition) is 3. The first-order valence-electron chi connectivity index (χ1n) is 5.20. The average Bonchev–Trinajstić information content (AvgIpc) is 2.75. The van der Waals surface area contributed by atoms with Crippen LogP contribution in [0.5, 0.6) is 0 Å². The van der Waals surface area contributed by atoms with E-state index in [1.807, 2.05) is 16.5 Å². The fourth-order valence-corrected chi connectivity index (χ4v) is 3.26. The molecule has 0 aliphatic carbocycles. The second-order valence-corrected chi connectivity index (χ2v) is 6.24. The third-order valence-electron chi connectivity index (χ3n) is 2.66. The fraction of sp³-hybridized carbons (Fsp3) is 0.273. The molecule has 0 N–H and O–H groups in total. The van der Waals surface area contributed by atoms with Crippen molar-refractivity contribution in [1.29, 1.82) is 0 Å². The van der Waals surface area contributed by atoms with Gasteiger partial charge in [0.25, 0.3) is 0 Å². The van der Waals surface area contributed by atoms with Crippen LogP contribution in [-0.4, -0.2) is 14.6 Å². The van der Waals surface area contributed by atoms with Crippen LogP contribution in [-0.2, 0) is 0 Å². The zero-order chi connectivity index (χ0) is 12.2. The van der Waals surface area contributed by atoms with E-state index in [1.54, 1.807) is 0 Å². The Bertz CT molecular complexity index is 714. The molecule has 0 unspecified atom stereocenters. The molecular weight excluding hydrogens is 277 g/mol. The summed E-state index contributed by atoms with van der Waals surface area (Å²) in [6.07, 6.45) is 0. The third-order valence-corrected chi connectivity index (χ3v) is 4.13. The summed E-state index contributed by atoms with van der Waals surface area (Å²) < 4.78 is 3.91. The summed E-state index contributed by atoms with van der Waals surface area (Å²) in [5.41, 5.74) is 1.94. The highest BCUT2D eigenvalue weighted by Gasteiger charge is 2.16. The first-order valence-corrected chi connectivity index (χ1v) is 6.77. The Morgan fingerprint density at radius 1 is 1.18 bits per heavy atom. The topological polar surface area (TPSA) is 30.2 Å². The van der Waals surface area contributed by atoms with Crippen molar-refractivity contribution >= 4 is 50.3 Å². The Morgan fingerprint density at radius 2 is 1.94 bits per heavy atom. The monoisotopic (exact) mass is 285 g/mol. The molecule has 0 fully saturated rings. The lowest BCUT2D eigenvalue weighted by Crippen LogP contribution is -2.04. The molecule has 17 heavy (non-hydrogen) atoms. The minimum Gasteiger partial charge on any atom is -0.292 e. The number of fused-ring (bicyclic) bond motifs is 3. The first kappa shape index (κ1) is 11.3. The molecular formula is C11H9Cl2N3S. The van der Waals surface area contributed by atoms with Crippen LogP contribution in [0, 0.1) is 0 Å². The normalized spacial score (nSPS) is 12.1. The zero-order valence-electron chi connectivity index (χ0n) is 9.24. The molecule has 0 radical (unpaired) electrons. The average molecular weight is 286 g/mol. The van der Waals surface area contributed by atoms with Crippen LogP contribution < -0.4 is 0 Å². The molecule has 0 atom stereocenters. The van der Waals surface area contributed by atoms with Gasteiger partial charge in [-0.05, 0) is 12.1 Å². The fourth-order valence-electron chi connectivity index (χ4n) is 1.93. The van der Waals surface area contributed by atoms with E-state index >= 15 is 0 Å². The molecule has 0 aliphatic heterocycles. The Labute approximate surface area is 112 Å². The minimum absolute atomic E-state index is 0.275. The van der Waals surface area contributed by atoms with Crippen molar-refractivity contribution in [2.24, 2.45) is 0 Å². The van der Waals surface area contributed by atoms with Gasteiger partial charge in [-0.1, -0.05) is 37.0 Å². The molecule has 3 heterocycles. The lowest BCUT2D eigenvalue weighted by molar-refractivity contribution is 0.726. The predicted molar refractivity (Wildman–Crippen MR) is 72.5 cm³/mol. The van der Waals surface area contributed by atoms with Crippen LogP contribution in [0.1, 0.15) is 25.6 Å². The van der Waals surface area contributed by atoms with Crippen molar-refractivity contribution in [3.8, 4) is 0 Å². The molecule has 3 nitrogen and oxygen atoms in total. The molecule has 0 aliphatic rings. The smallest absolute Gasteiger partial charge is 0.175 e. The van der Waals surface area contributed by atoms with Crippen molar-refractivity contribution in [2.75, 3.05) is 0 Å². The van der Waals surface area contributed by atoms with Gasteiger partial charge in [-0.3, -0.25) is 4.40 Å². The standard InChI is InChI=1S/C11H9Cl2N3S/c1-5(2)11-15-14-10(13)7-3-8-6(16(7)11)4-9(12)17-8/h3-5H,1-2H3. The van der Waals surface area contributed by atoms with E-state index in [4.69, 9.17) is 23.2 Å². The summed E-state index contributed by atoms with van der Waals surface area (Å²) in [4.78, 5) is 0. The van der Waals surface area contributed by atoms with Crippen LogP contribution in [0.15, 0.2) is 12.1 Å². The third kappa shape index (κ3) is 1.63. The first-order chi connectivity index (χ1) is 8.08. The maximum Gasteiger partial charge on any atom is 0.175 e.